The molecule has 0 fully saturated rings. The number of alkyl halides is 3. The molecule has 100 valence electrons. The molecule has 0 atom stereocenters. The fourth-order valence-corrected chi connectivity index (χ4v) is 2.01. The average Bonchev–Trinajstić information content (AvgIpc) is 2.12. The second-order valence-corrected chi connectivity index (χ2v) is 6.02. The molecule has 0 aliphatic rings. The van der Waals surface area contributed by atoms with E-state index in [1.807, 2.05) is 0 Å². The molecule has 18 heavy (non-hydrogen) atoms. The van der Waals surface area contributed by atoms with Gasteiger partial charge in [-0.1, -0.05) is 11.6 Å². The summed E-state index contributed by atoms with van der Waals surface area (Å²) in [6.07, 6.45) is -3.85. The molecule has 1 heterocycles. The normalized spacial score (nSPS) is 12.5. The van der Waals surface area contributed by atoms with Crippen molar-refractivity contribution in [1.82, 2.24) is 4.98 Å². The van der Waals surface area contributed by atoms with E-state index < -0.39 is 38.4 Å². The molecule has 0 aliphatic carbocycles. The van der Waals surface area contributed by atoms with Gasteiger partial charge >= 0.3 is 6.18 Å². The van der Waals surface area contributed by atoms with Gasteiger partial charge in [0, 0.05) is 6.26 Å². The van der Waals surface area contributed by atoms with E-state index in [9.17, 15) is 26.4 Å². The minimum atomic E-state index is -4.68. The van der Waals surface area contributed by atoms with Crippen LogP contribution >= 0.6 is 11.6 Å². The number of ketones is 1. The molecular formula is C9H7ClF3NO3S. The highest BCUT2D eigenvalue weighted by atomic mass is 35.5. The summed E-state index contributed by atoms with van der Waals surface area (Å²) in [5, 5.41) is -0.668. The van der Waals surface area contributed by atoms with E-state index >= 15 is 0 Å². The Kier molecular flexibility index (Phi) is 4.02. The maximum atomic E-state index is 12.3. The van der Waals surface area contributed by atoms with Crippen LogP contribution in [0.4, 0.5) is 13.2 Å². The van der Waals surface area contributed by atoms with Crippen LogP contribution in [-0.2, 0) is 16.0 Å². The predicted octanol–water partition coefficient (Wildman–Crippen LogP) is 1.98. The Hall–Kier alpha value is -1.15. The maximum Gasteiger partial charge on any atom is 0.433 e. The van der Waals surface area contributed by atoms with Crippen LogP contribution in [0.2, 0.25) is 5.15 Å². The van der Waals surface area contributed by atoms with E-state index in [1.165, 1.54) is 0 Å². The second-order valence-electron chi connectivity index (χ2n) is 3.53. The number of Topliss-reactive ketones (excluding diaryl/α,β-unsaturated/α-hetero) is 1. The minimum absolute atomic E-state index is 0.352. The monoisotopic (exact) mass is 301 g/mol. The zero-order valence-corrected chi connectivity index (χ0v) is 10.5. The Morgan fingerprint density at radius 3 is 2.33 bits per heavy atom. The molecule has 1 rings (SSSR count). The summed E-state index contributed by atoms with van der Waals surface area (Å²) in [6, 6.07) is 1.38. The summed E-state index contributed by atoms with van der Waals surface area (Å²) in [7, 11) is -3.58. The fraction of sp³-hybridized carbons (Fsp3) is 0.333. The smallest absolute Gasteiger partial charge is 0.293 e. The lowest BCUT2D eigenvalue weighted by atomic mass is 10.2. The largest absolute Gasteiger partial charge is 0.433 e. The first kappa shape index (κ1) is 14.9. The van der Waals surface area contributed by atoms with E-state index in [2.05, 4.69) is 4.98 Å². The van der Waals surface area contributed by atoms with Crippen LogP contribution in [0.1, 0.15) is 16.1 Å². The lowest BCUT2D eigenvalue weighted by molar-refractivity contribution is -0.141. The van der Waals surface area contributed by atoms with Gasteiger partial charge in [-0.2, -0.15) is 13.2 Å². The molecular weight excluding hydrogens is 295 g/mol. The van der Waals surface area contributed by atoms with Crippen molar-refractivity contribution in [2.24, 2.45) is 0 Å². The van der Waals surface area contributed by atoms with Gasteiger partial charge in [0.25, 0.3) is 0 Å². The first-order chi connectivity index (χ1) is 8.00. The molecule has 0 spiro atoms. The van der Waals surface area contributed by atoms with Crippen molar-refractivity contribution in [1.29, 1.82) is 0 Å². The predicted molar refractivity (Wildman–Crippen MR) is 58.3 cm³/mol. The van der Waals surface area contributed by atoms with E-state index in [0.717, 1.165) is 12.3 Å². The highest BCUT2D eigenvalue weighted by Gasteiger charge is 2.33. The maximum absolute atomic E-state index is 12.3. The molecule has 9 heteroatoms. The van der Waals surface area contributed by atoms with Crippen LogP contribution in [0.5, 0.6) is 0 Å². The van der Waals surface area contributed by atoms with Crippen molar-refractivity contribution in [2.45, 2.75) is 6.18 Å². The summed E-state index contributed by atoms with van der Waals surface area (Å²) in [6.45, 7) is 0. The molecule has 1 aromatic heterocycles. The number of hydrogen-bond acceptors (Lipinski definition) is 4. The molecule has 0 saturated heterocycles. The number of nitrogens with zero attached hydrogens (tertiary/aromatic N) is 1. The SMILES string of the molecule is CS(=O)(=O)CC(=O)c1ccc(C(F)(F)F)nc1Cl. The highest BCUT2D eigenvalue weighted by Crippen LogP contribution is 2.29. The molecule has 0 bridgehead atoms. The number of rotatable bonds is 3. The quantitative estimate of drug-likeness (QED) is 0.632. The summed E-state index contributed by atoms with van der Waals surface area (Å²) < 4.78 is 58.6. The van der Waals surface area contributed by atoms with Gasteiger partial charge in [-0.25, -0.2) is 13.4 Å². The van der Waals surface area contributed by atoms with E-state index in [-0.39, 0.29) is 5.56 Å². The summed E-state index contributed by atoms with van der Waals surface area (Å²) >= 11 is 5.43. The van der Waals surface area contributed by atoms with Crippen molar-refractivity contribution in [3.05, 3.63) is 28.5 Å². The first-order valence-electron chi connectivity index (χ1n) is 4.45. The Bertz CT molecular complexity index is 583. The second kappa shape index (κ2) is 4.85. The summed E-state index contributed by atoms with van der Waals surface area (Å²) in [5.74, 6) is -1.73. The van der Waals surface area contributed by atoms with E-state index in [0.29, 0.717) is 6.07 Å². The third kappa shape index (κ3) is 3.95. The lowest BCUT2D eigenvalue weighted by Gasteiger charge is -2.07. The molecule has 0 radical (unpaired) electrons. The van der Waals surface area contributed by atoms with E-state index in [1.54, 1.807) is 0 Å². The fourth-order valence-electron chi connectivity index (χ4n) is 1.12. The number of aromatic nitrogens is 1. The third-order valence-electron chi connectivity index (χ3n) is 1.83. The van der Waals surface area contributed by atoms with Crippen LogP contribution < -0.4 is 0 Å². The van der Waals surface area contributed by atoms with Crippen molar-refractivity contribution in [3.63, 3.8) is 0 Å². The average molecular weight is 302 g/mol. The van der Waals surface area contributed by atoms with Gasteiger partial charge in [0.15, 0.2) is 15.6 Å². The van der Waals surface area contributed by atoms with Gasteiger partial charge in [-0.05, 0) is 12.1 Å². The van der Waals surface area contributed by atoms with Gasteiger partial charge in [-0.3, -0.25) is 4.79 Å². The standard InChI is InChI=1S/C9H7ClF3NO3S/c1-18(16,17)4-6(15)5-2-3-7(9(11,12)13)14-8(5)10/h2-3H,4H2,1H3. The van der Waals surface area contributed by atoms with Crippen LogP contribution in [-0.4, -0.2) is 31.2 Å². The summed E-state index contributed by atoms with van der Waals surface area (Å²) in [4.78, 5) is 14.5. The van der Waals surface area contributed by atoms with Gasteiger partial charge in [0.05, 0.1) is 5.56 Å². The molecule has 0 N–H and O–H groups in total. The molecule has 0 aliphatic heterocycles. The Morgan fingerprint density at radius 1 is 1.39 bits per heavy atom. The molecule has 4 nitrogen and oxygen atoms in total. The van der Waals surface area contributed by atoms with Gasteiger partial charge in [0.1, 0.15) is 16.6 Å². The zero-order valence-electron chi connectivity index (χ0n) is 8.95. The molecule has 0 amide bonds. The highest BCUT2D eigenvalue weighted by molar-refractivity contribution is 7.91. The number of pyridine rings is 1. The summed E-state index contributed by atoms with van der Waals surface area (Å²) in [5.41, 5.74) is -1.60. The van der Waals surface area contributed by atoms with Gasteiger partial charge < -0.3 is 0 Å². The van der Waals surface area contributed by atoms with Gasteiger partial charge in [-0.15, -0.1) is 0 Å². The van der Waals surface area contributed by atoms with Crippen molar-refractivity contribution in [3.8, 4) is 0 Å². The molecule has 0 aromatic carbocycles. The Labute approximate surface area is 106 Å². The van der Waals surface area contributed by atoms with Crippen LogP contribution in [0.15, 0.2) is 12.1 Å². The van der Waals surface area contributed by atoms with Crippen LogP contribution in [0, 0.1) is 0 Å². The van der Waals surface area contributed by atoms with Crippen LogP contribution in [0.25, 0.3) is 0 Å². The van der Waals surface area contributed by atoms with Crippen molar-refractivity contribution < 1.29 is 26.4 Å². The first-order valence-corrected chi connectivity index (χ1v) is 6.89. The molecule has 0 unspecified atom stereocenters. The minimum Gasteiger partial charge on any atom is -0.293 e. The van der Waals surface area contributed by atoms with E-state index in [4.69, 9.17) is 11.6 Å². The number of hydrogen-bond donors (Lipinski definition) is 0. The number of carbonyl (C=O) groups is 1. The van der Waals surface area contributed by atoms with Crippen molar-refractivity contribution >= 4 is 27.2 Å². The lowest BCUT2D eigenvalue weighted by Crippen LogP contribution is -2.16. The zero-order chi connectivity index (χ0) is 14.1. The third-order valence-corrected chi connectivity index (χ3v) is 2.91. The number of carbonyl (C=O) groups excluding carboxylic acids is 1. The Morgan fingerprint density at radius 2 is 1.94 bits per heavy atom. The molecule has 0 saturated carbocycles. The van der Waals surface area contributed by atoms with Crippen LogP contribution in [0.3, 0.4) is 0 Å². The van der Waals surface area contributed by atoms with Gasteiger partial charge in [0.2, 0.25) is 0 Å². The molecule has 1 aromatic rings. The number of sulfone groups is 1. The number of halogens is 4. The Balaban J connectivity index is 3.11. The van der Waals surface area contributed by atoms with Crippen molar-refractivity contribution in [2.75, 3.05) is 12.0 Å². The topological polar surface area (TPSA) is 64.1 Å².